The van der Waals surface area contributed by atoms with E-state index in [-0.39, 0.29) is 16.5 Å². The van der Waals surface area contributed by atoms with Crippen LogP contribution in [0.3, 0.4) is 0 Å². The number of benzene rings is 2. The van der Waals surface area contributed by atoms with E-state index in [1.807, 2.05) is 0 Å². The normalized spacial score (nSPS) is 12.2. The molecular formula is C101H184N2Ni. The molecular weight excluding hydrogens is 1300 g/mol. The van der Waals surface area contributed by atoms with Crippen molar-refractivity contribution in [2.24, 2.45) is 0 Å². The molecule has 0 fully saturated rings. The van der Waals surface area contributed by atoms with Crippen LogP contribution in [0.5, 0.6) is 0 Å². The number of nitrogens with zero attached hydrogens (tertiary/aromatic N) is 2. The van der Waals surface area contributed by atoms with Gasteiger partial charge in [-0.25, -0.2) is 4.70 Å². The molecule has 104 heavy (non-hydrogen) atoms. The van der Waals surface area contributed by atoms with E-state index in [1.54, 1.807) is 4.70 Å². The Morgan fingerprint density at radius 3 is 0.567 bits per heavy atom. The fourth-order valence-electron chi connectivity index (χ4n) is 16.0. The van der Waals surface area contributed by atoms with Crippen molar-refractivity contribution in [3.8, 4) is 0 Å². The average molecular weight is 1490 g/mol. The van der Waals surface area contributed by atoms with Crippen LogP contribution in [-0.4, -0.2) is 4.70 Å². The van der Waals surface area contributed by atoms with Crippen LogP contribution < -0.4 is 0 Å². The summed E-state index contributed by atoms with van der Waals surface area (Å²) in [5, 5.41) is 0. The Kier molecular flexibility index (Phi) is 79.0. The number of aryl methyl sites for hydroxylation is 4. The van der Waals surface area contributed by atoms with Gasteiger partial charge in [-0.2, -0.15) is 12.8 Å². The molecule has 0 spiro atoms. The first-order chi connectivity index (χ1) is 50.8. The average Bonchev–Trinajstić information content (AvgIpc) is 1.60. The molecule has 608 valence electrons. The van der Waals surface area contributed by atoms with Crippen molar-refractivity contribution in [3.63, 3.8) is 0 Å². The van der Waals surface area contributed by atoms with Crippen LogP contribution in [0.25, 0.3) is 16.9 Å². The smallest absolute Gasteiger partial charge is 0.493 e. The number of rotatable bonds is 75. The standard InChI is InChI=1S/C45H70N2.2C28H57.Ni/c1-7-13-19-22-26-38-30-36(24-16-10-4)32-40(34-38)44-42(28-18-12-6)43(29-21-15-9-3)45(47(44)46)41-33-37(25-17-11-5)31-39(35-41)27-23-20-14-8-2;2*1-3-5-7-9-11-13-15-17-19-21-23-25-27-28-26-24-22-20-18-16-14-12-10-8-6-4-2;/h30-35H,7-29H2,1-6H3;2*1,3-28H2,2H3;/q;2*-1;+2. The third kappa shape index (κ3) is 58.9. The van der Waals surface area contributed by atoms with E-state index in [0.717, 1.165) is 75.6 Å². The maximum atomic E-state index is 12.5. The first kappa shape index (κ1) is 102. The Balaban J connectivity index is 0.00000162. The SMILES string of the molecule is CCCCCCc1cc(CCCC)cc(C2=C(CCCC)C(CCCCC)=C(c3cc(CCCC)cc(CCCCCC)c3)[N+]2=[N-])c1.[CH2-]CCCCCCCCCCCCCCCCCCCCCCCCCCC.[CH2-]CCCCCCCCCCCCCCCCCCCCCCCCCCC.[Ni+2]. The van der Waals surface area contributed by atoms with Gasteiger partial charge in [0.25, 0.3) is 0 Å². The summed E-state index contributed by atoms with van der Waals surface area (Å²) < 4.78 is 1.66. The second-order valence-corrected chi connectivity index (χ2v) is 33.1. The van der Waals surface area contributed by atoms with Gasteiger partial charge in [-0.1, -0.05) is 459 Å². The summed E-state index contributed by atoms with van der Waals surface area (Å²) in [5.74, 6) is 0. The van der Waals surface area contributed by atoms with Crippen LogP contribution in [0.15, 0.2) is 47.5 Å². The monoisotopic (exact) mass is 1480 g/mol. The van der Waals surface area contributed by atoms with Gasteiger partial charge in [-0.15, -0.1) is 0 Å². The van der Waals surface area contributed by atoms with Gasteiger partial charge in [-0.3, -0.25) is 0 Å². The fraction of sp³-hybridized carbons (Fsp3) is 0.822. The molecule has 0 aromatic heterocycles. The van der Waals surface area contributed by atoms with Gasteiger partial charge in [0, 0.05) is 22.3 Å². The summed E-state index contributed by atoms with van der Waals surface area (Å²) in [7, 11) is 0. The number of allylic oxidation sites excluding steroid dienone is 2. The zero-order chi connectivity index (χ0) is 74.6. The van der Waals surface area contributed by atoms with Gasteiger partial charge in [0.05, 0.1) is 0 Å². The van der Waals surface area contributed by atoms with E-state index in [1.165, 1.54) is 462 Å². The van der Waals surface area contributed by atoms with Crippen LogP contribution in [0.2, 0.25) is 0 Å². The first-order valence-corrected chi connectivity index (χ1v) is 47.6. The zero-order valence-electron chi connectivity index (χ0n) is 72.1. The number of hydrogen-bond donors (Lipinski definition) is 0. The molecule has 1 aliphatic heterocycles. The van der Waals surface area contributed by atoms with E-state index in [9.17, 15) is 5.53 Å². The molecule has 0 aliphatic carbocycles. The van der Waals surface area contributed by atoms with E-state index in [4.69, 9.17) is 0 Å². The van der Waals surface area contributed by atoms with Crippen molar-refractivity contribution in [2.75, 3.05) is 0 Å². The molecule has 0 N–H and O–H groups in total. The molecule has 0 saturated carbocycles. The molecule has 0 radical (unpaired) electrons. The van der Waals surface area contributed by atoms with Gasteiger partial charge in [-0.05, 0) is 124 Å². The van der Waals surface area contributed by atoms with E-state index in [0.29, 0.717) is 0 Å². The van der Waals surface area contributed by atoms with Crippen molar-refractivity contribution in [2.45, 2.75) is 537 Å². The van der Waals surface area contributed by atoms with Crippen molar-refractivity contribution >= 4 is 11.4 Å². The molecule has 1 aliphatic rings. The number of unbranched alkanes of at least 4 members (excludes halogenated alkanes) is 61. The minimum atomic E-state index is 0. The molecule has 2 aromatic carbocycles. The van der Waals surface area contributed by atoms with Crippen LogP contribution >= 0.6 is 0 Å². The predicted molar refractivity (Wildman–Crippen MR) is 469 cm³/mol. The third-order valence-electron chi connectivity index (χ3n) is 22.8. The minimum Gasteiger partial charge on any atom is -0.493 e. The Morgan fingerprint density at radius 1 is 0.202 bits per heavy atom. The summed E-state index contributed by atoms with van der Waals surface area (Å²) in [6, 6.07) is 14.6. The van der Waals surface area contributed by atoms with Gasteiger partial charge in [0.15, 0.2) is 0 Å². The Bertz CT molecular complexity index is 2070. The Labute approximate surface area is 665 Å². The van der Waals surface area contributed by atoms with Crippen molar-refractivity contribution in [1.82, 2.24) is 0 Å². The molecule has 0 amide bonds. The van der Waals surface area contributed by atoms with E-state index < -0.39 is 0 Å². The largest absolute Gasteiger partial charge is 2.00 e. The van der Waals surface area contributed by atoms with Crippen LogP contribution in [-0.2, 0) is 42.2 Å². The van der Waals surface area contributed by atoms with Gasteiger partial charge >= 0.3 is 16.5 Å². The van der Waals surface area contributed by atoms with Gasteiger partial charge < -0.3 is 19.4 Å². The molecule has 0 saturated heterocycles. The molecule has 3 heteroatoms. The van der Waals surface area contributed by atoms with E-state index in [2.05, 4.69) is 106 Å². The Morgan fingerprint density at radius 2 is 0.356 bits per heavy atom. The van der Waals surface area contributed by atoms with E-state index >= 15 is 0 Å². The molecule has 3 rings (SSSR count). The molecule has 1 heterocycles. The maximum Gasteiger partial charge on any atom is 2.00 e. The van der Waals surface area contributed by atoms with Crippen LogP contribution in [0, 0.1) is 13.8 Å². The second kappa shape index (κ2) is 80.5. The van der Waals surface area contributed by atoms with Crippen LogP contribution in [0.1, 0.15) is 545 Å². The van der Waals surface area contributed by atoms with Gasteiger partial charge in [0.2, 0.25) is 11.4 Å². The topological polar surface area (TPSA) is 25.3 Å². The summed E-state index contributed by atoms with van der Waals surface area (Å²) in [4.78, 5) is 0. The van der Waals surface area contributed by atoms with Crippen molar-refractivity contribution in [3.05, 3.63) is 100 Å². The summed E-state index contributed by atoms with van der Waals surface area (Å²) >= 11 is 0. The Hall–Kier alpha value is -1.99. The van der Waals surface area contributed by atoms with Crippen LogP contribution in [0.4, 0.5) is 0 Å². The molecule has 0 atom stereocenters. The summed E-state index contributed by atoms with van der Waals surface area (Å²) in [6.45, 7) is 26.2. The molecule has 0 bridgehead atoms. The molecule has 2 aromatic rings. The predicted octanol–water partition coefficient (Wildman–Crippen LogP) is 36.5. The summed E-state index contributed by atoms with van der Waals surface area (Å²) in [6.07, 6.45) is 103. The van der Waals surface area contributed by atoms with Crippen molar-refractivity contribution in [1.29, 1.82) is 0 Å². The third-order valence-corrected chi connectivity index (χ3v) is 22.8. The second-order valence-electron chi connectivity index (χ2n) is 33.1. The molecule has 0 unspecified atom stereocenters. The minimum absolute atomic E-state index is 0. The van der Waals surface area contributed by atoms with Crippen molar-refractivity contribution < 1.29 is 21.2 Å². The first-order valence-electron chi connectivity index (χ1n) is 47.6. The quantitative estimate of drug-likeness (QED) is 0.0273. The summed E-state index contributed by atoms with van der Waals surface area (Å²) in [5.41, 5.74) is 25.6. The zero-order valence-corrected chi connectivity index (χ0v) is 73.1. The number of hydrogen-bond acceptors (Lipinski definition) is 0. The van der Waals surface area contributed by atoms with Gasteiger partial charge in [0.1, 0.15) is 0 Å². The molecule has 2 nitrogen and oxygen atoms in total. The fourth-order valence-corrected chi connectivity index (χ4v) is 16.0. The maximum absolute atomic E-state index is 12.5.